The van der Waals surface area contributed by atoms with Crippen LogP contribution in [0.5, 0.6) is 0 Å². The maximum atomic E-state index is 13.1. The number of hydrogen-bond donors (Lipinski definition) is 1. The summed E-state index contributed by atoms with van der Waals surface area (Å²) in [5.41, 5.74) is 1.43. The second-order valence-electron chi connectivity index (χ2n) is 9.29. The van der Waals surface area contributed by atoms with E-state index in [1.54, 1.807) is 6.92 Å². The average molecular weight is 468 g/mol. The topological polar surface area (TPSA) is 78.4 Å². The number of aromatic nitrogens is 2. The van der Waals surface area contributed by atoms with Crippen molar-refractivity contribution >= 4 is 17.5 Å². The van der Waals surface area contributed by atoms with Crippen molar-refractivity contribution in [2.24, 2.45) is 0 Å². The molecule has 0 radical (unpaired) electrons. The van der Waals surface area contributed by atoms with Gasteiger partial charge in [-0.25, -0.2) is 14.4 Å². The van der Waals surface area contributed by atoms with Crippen molar-refractivity contribution in [2.75, 3.05) is 31.5 Å². The van der Waals surface area contributed by atoms with Crippen LogP contribution in [0.1, 0.15) is 79.3 Å². The standard InChI is InChI=1S/C26H34FN5O2/c1-19-22(26(34)30-21-12-10-20(27)11-13-21)18-28-25(29-19)23-8-6-17-32(23)24(33)9-7-16-31-14-4-2-3-5-15-31/h10-13,18,23H,2-9,14-17H2,1H3,(H,30,34)/t23-/m0/s1. The highest BCUT2D eigenvalue weighted by atomic mass is 19.1. The lowest BCUT2D eigenvalue weighted by molar-refractivity contribution is -0.132. The fourth-order valence-corrected chi connectivity index (χ4v) is 4.89. The Kier molecular flexibility index (Phi) is 8.21. The van der Waals surface area contributed by atoms with Gasteiger partial charge in [0, 0.05) is 24.8 Å². The van der Waals surface area contributed by atoms with Crippen molar-refractivity contribution < 1.29 is 14.0 Å². The van der Waals surface area contributed by atoms with E-state index in [2.05, 4.69) is 20.2 Å². The van der Waals surface area contributed by atoms with Crippen molar-refractivity contribution in [3.8, 4) is 0 Å². The molecule has 2 aromatic rings. The number of aryl methyl sites for hydroxylation is 1. The zero-order chi connectivity index (χ0) is 23.9. The first-order valence-electron chi connectivity index (χ1n) is 12.4. The molecule has 1 N–H and O–H groups in total. The zero-order valence-corrected chi connectivity index (χ0v) is 19.9. The molecule has 0 unspecified atom stereocenters. The summed E-state index contributed by atoms with van der Waals surface area (Å²) in [6.07, 6.45) is 9.86. The van der Waals surface area contributed by atoms with Crippen LogP contribution in [-0.4, -0.2) is 57.8 Å². The Morgan fingerprint density at radius 1 is 1.06 bits per heavy atom. The summed E-state index contributed by atoms with van der Waals surface area (Å²) < 4.78 is 13.1. The van der Waals surface area contributed by atoms with E-state index in [9.17, 15) is 14.0 Å². The van der Waals surface area contributed by atoms with Crippen LogP contribution < -0.4 is 5.32 Å². The van der Waals surface area contributed by atoms with Gasteiger partial charge in [0.15, 0.2) is 5.82 Å². The van der Waals surface area contributed by atoms with Gasteiger partial charge in [-0.1, -0.05) is 12.8 Å². The van der Waals surface area contributed by atoms with Gasteiger partial charge >= 0.3 is 0 Å². The van der Waals surface area contributed by atoms with E-state index in [4.69, 9.17) is 0 Å². The number of benzene rings is 1. The highest BCUT2D eigenvalue weighted by Gasteiger charge is 2.32. The fourth-order valence-electron chi connectivity index (χ4n) is 4.89. The van der Waals surface area contributed by atoms with Crippen LogP contribution in [0.2, 0.25) is 0 Å². The van der Waals surface area contributed by atoms with Crippen LogP contribution in [0.25, 0.3) is 0 Å². The number of amides is 2. The summed E-state index contributed by atoms with van der Waals surface area (Å²) in [6.45, 7) is 5.77. The van der Waals surface area contributed by atoms with E-state index in [0.717, 1.165) is 45.4 Å². The van der Waals surface area contributed by atoms with Crippen LogP contribution in [-0.2, 0) is 4.79 Å². The van der Waals surface area contributed by atoms with Gasteiger partial charge in [0.25, 0.3) is 5.91 Å². The first-order chi connectivity index (χ1) is 16.5. The molecule has 2 aliphatic rings. The van der Waals surface area contributed by atoms with E-state index in [0.29, 0.717) is 29.2 Å². The molecule has 0 saturated carbocycles. The summed E-state index contributed by atoms with van der Waals surface area (Å²) in [5.74, 6) is 0.0499. The number of anilines is 1. The highest BCUT2D eigenvalue weighted by molar-refractivity contribution is 6.04. The Morgan fingerprint density at radius 2 is 1.79 bits per heavy atom. The van der Waals surface area contributed by atoms with Gasteiger partial charge in [-0.15, -0.1) is 0 Å². The third-order valence-electron chi connectivity index (χ3n) is 6.78. The molecular formula is C26H34FN5O2. The van der Waals surface area contributed by atoms with E-state index in [1.165, 1.54) is 56.1 Å². The Balaban J connectivity index is 1.34. The second-order valence-corrected chi connectivity index (χ2v) is 9.29. The Labute approximate surface area is 200 Å². The van der Waals surface area contributed by atoms with Crippen molar-refractivity contribution in [1.29, 1.82) is 0 Å². The van der Waals surface area contributed by atoms with Crippen LogP contribution >= 0.6 is 0 Å². The summed E-state index contributed by atoms with van der Waals surface area (Å²) in [5, 5.41) is 2.74. The Bertz CT molecular complexity index is 989. The maximum absolute atomic E-state index is 13.1. The molecule has 1 atom stereocenters. The first kappa shape index (κ1) is 24.3. The van der Waals surface area contributed by atoms with Crippen molar-refractivity contribution in [1.82, 2.24) is 19.8 Å². The van der Waals surface area contributed by atoms with Crippen LogP contribution in [0.3, 0.4) is 0 Å². The van der Waals surface area contributed by atoms with E-state index in [-0.39, 0.29) is 23.7 Å². The lowest BCUT2D eigenvalue weighted by Crippen LogP contribution is -2.33. The van der Waals surface area contributed by atoms with E-state index in [1.807, 2.05) is 4.90 Å². The zero-order valence-electron chi connectivity index (χ0n) is 19.9. The molecule has 1 aromatic carbocycles. The molecule has 7 nitrogen and oxygen atoms in total. The van der Waals surface area contributed by atoms with Gasteiger partial charge in [0.1, 0.15) is 5.82 Å². The molecule has 1 aromatic heterocycles. The quantitative estimate of drug-likeness (QED) is 0.649. The SMILES string of the molecule is Cc1nc([C@@H]2CCCN2C(=O)CCCN2CCCCCC2)ncc1C(=O)Nc1ccc(F)cc1. The number of nitrogens with zero attached hydrogens (tertiary/aromatic N) is 4. The summed E-state index contributed by atoms with van der Waals surface area (Å²) in [7, 11) is 0. The Morgan fingerprint density at radius 3 is 2.50 bits per heavy atom. The van der Waals surface area contributed by atoms with Crippen LogP contribution in [0, 0.1) is 12.7 Å². The predicted molar refractivity (Wildman–Crippen MR) is 129 cm³/mol. The third-order valence-corrected chi connectivity index (χ3v) is 6.78. The minimum absolute atomic E-state index is 0.140. The molecule has 2 amide bonds. The molecule has 0 bridgehead atoms. The summed E-state index contributed by atoms with van der Waals surface area (Å²) >= 11 is 0. The normalized spacial score (nSPS) is 19.1. The third kappa shape index (κ3) is 6.17. The molecule has 34 heavy (non-hydrogen) atoms. The molecule has 2 saturated heterocycles. The number of nitrogens with one attached hydrogen (secondary N) is 1. The first-order valence-corrected chi connectivity index (χ1v) is 12.4. The molecule has 182 valence electrons. The second kappa shape index (κ2) is 11.5. The number of carbonyl (C=O) groups excluding carboxylic acids is 2. The summed E-state index contributed by atoms with van der Waals surface area (Å²) in [6, 6.07) is 5.46. The molecule has 0 spiro atoms. The number of carbonyl (C=O) groups is 2. The van der Waals surface area contributed by atoms with Gasteiger partial charge in [-0.2, -0.15) is 0 Å². The van der Waals surface area contributed by atoms with Crippen LogP contribution in [0.15, 0.2) is 30.5 Å². The van der Waals surface area contributed by atoms with Gasteiger partial charge in [-0.05, 0) is 82.9 Å². The van der Waals surface area contributed by atoms with Crippen molar-refractivity contribution in [2.45, 2.75) is 64.3 Å². The lowest BCUT2D eigenvalue weighted by Gasteiger charge is -2.25. The van der Waals surface area contributed by atoms with Gasteiger partial charge in [-0.3, -0.25) is 9.59 Å². The molecule has 3 heterocycles. The maximum Gasteiger partial charge on any atom is 0.259 e. The number of hydrogen-bond acceptors (Lipinski definition) is 5. The smallest absolute Gasteiger partial charge is 0.259 e. The van der Waals surface area contributed by atoms with Crippen molar-refractivity contribution in [3.05, 3.63) is 53.4 Å². The average Bonchev–Trinajstić information content (AvgIpc) is 3.18. The molecule has 8 heteroatoms. The Hall–Kier alpha value is -2.87. The number of likely N-dealkylation sites (tertiary alicyclic amines) is 2. The molecule has 2 aliphatic heterocycles. The van der Waals surface area contributed by atoms with E-state index < -0.39 is 0 Å². The number of halogens is 1. The minimum atomic E-state index is -0.362. The van der Waals surface area contributed by atoms with Crippen LogP contribution in [0.4, 0.5) is 10.1 Å². The minimum Gasteiger partial charge on any atom is -0.332 e. The lowest BCUT2D eigenvalue weighted by atomic mass is 10.1. The fraction of sp³-hybridized carbons (Fsp3) is 0.538. The van der Waals surface area contributed by atoms with Gasteiger partial charge < -0.3 is 15.1 Å². The monoisotopic (exact) mass is 467 g/mol. The predicted octanol–water partition coefficient (Wildman–Crippen LogP) is 4.50. The largest absolute Gasteiger partial charge is 0.332 e. The summed E-state index contributed by atoms with van der Waals surface area (Å²) in [4.78, 5) is 39.1. The van der Waals surface area contributed by atoms with Gasteiger partial charge in [0.05, 0.1) is 17.3 Å². The van der Waals surface area contributed by atoms with E-state index >= 15 is 0 Å². The number of rotatable bonds is 7. The highest BCUT2D eigenvalue weighted by Crippen LogP contribution is 2.31. The molecular weight excluding hydrogens is 433 g/mol. The van der Waals surface area contributed by atoms with Gasteiger partial charge in [0.2, 0.25) is 5.91 Å². The molecule has 2 fully saturated rings. The van der Waals surface area contributed by atoms with Crippen molar-refractivity contribution in [3.63, 3.8) is 0 Å². The molecule has 4 rings (SSSR count). The molecule has 0 aliphatic carbocycles.